The number of halogens is 2. The van der Waals surface area contributed by atoms with Gasteiger partial charge in [-0.15, -0.1) is 0 Å². The number of rotatable bonds is 4. The Bertz CT molecular complexity index is 814. The Morgan fingerprint density at radius 2 is 1.41 bits per heavy atom. The summed E-state index contributed by atoms with van der Waals surface area (Å²) in [7, 11) is -1.82. The molecule has 7 heteroatoms. The Labute approximate surface area is 178 Å². The van der Waals surface area contributed by atoms with Crippen LogP contribution in [0.4, 0.5) is 0 Å². The van der Waals surface area contributed by atoms with Crippen LogP contribution in [0.1, 0.15) is 41.5 Å². The maximum atomic E-state index is 10.7. The summed E-state index contributed by atoms with van der Waals surface area (Å²) in [6, 6.07) is 9.99. The SMILES string of the molecule is CC(C)(C)[Si](C)(C)Oc1ccc(C=O)cc1Br.O=Cc1ccc(O)c(Br)c1. The molecule has 0 bridgehead atoms. The molecule has 1 N–H and O–H groups in total. The number of aldehydes is 2. The highest BCUT2D eigenvalue weighted by Gasteiger charge is 2.39. The van der Waals surface area contributed by atoms with Gasteiger partial charge in [0.15, 0.2) is 0 Å². The number of aromatic hydroxyl groups is 1. The Morgan fingerprint density at radius 1 is 0.926 bits per heavy atom. The normalized spacial score (nSPS) is 11.2. The van der Waals surface area contributed by atoms with Crippen molar-refractivity contribution in [2.24, 2.45) is 0 Å². The number of carbonyl (C=O) groups excluding carboxylic acids is 2. The zero-order valence-electron chi connectivity index (χ0n) is 16.0. The summed E-state index contributed by atoms with van der Waals surface area (Å²) in [6.07, 6.45) is 1.56. The van der Waals surface area contributed by atoms with Gasteiger partial charge in [-0.25, -0.2) is 0 Å². The number of phenols is 1. The summed E-state index contributed by atoms with van der Waals surface area (Å²) < 4.78 is 7.55. The van der Waals surface area contributed by atoms with Gasteiger partial charge in [0, 0.05) is 11.1 Å². The number of carbonyl (C=O) groups is 2. The predicted molar refractivity (Wildman–Crippen MR) is 119 cm³/mol. The molecule has 0 unspecified atom stereocenters. The van der Waals surface area contributed by atoms with E-state index in [2.05, 4.69) is 65.7 Å². The second-order valence-corrected chi connectivity index (χ2v) is 13.9. The first-order chi connectivity index (χ1) is 12.4. The van der Waals surface area contributed by atoms with Gasteiger partial charge in [0.25, 0.3) is 8.32 Å². The highest BCUT2D eigenvalue weighted by Crippen LogP contribution is 2.39. The third kappa shape index (κ3) is 6.90. The molecule has 4 nitrogen and oxygen atoms in total. The molecule has 0 aliphatic heterocycles. The van der Waals surface area contributed by atoms with Crippen LogP contribution >= 0.6 is 31.9 Å². The van der Waals surface area contributed by atoms with E-state index in [1.54, 1.807) is 24.3 Å². The van der Waals surface area contributed by atoms with Gasteiger partial charge in [-0.05, 0) is 86.4 Å². The summed E-state index contributed by atoms with van der Waals surface area (Å²) >= 11 is 6.52. The van der Waals surface area contributed by atoms with Crippen molar-refractivity contribution in [2.45, 2.75) is 38.9 Å². The Morgan fingerprint density at radius 3 is 1.81 bits per heavy atom. The van der Waals surface area contributed by atoms with Crippen LogP contribution < -0.4 is 4.43 Å². The average molecular weight is 516 g/mol. The molecule has 0 aromatic heterocycles. The van der Waals surface area contributed by atoms with Gasteiger partial charge in [-0.2, -0.15) is 0 Å². The summed E-state index contributed by atoms with van der Waals surface area (Å²) in [5.41, 5.74) is 1.20. The van der Waals surface area contributed by atoms with E-state index in [1.807, 2.05) is 6.07 Å². The van der Waals surface area contributed by atoms with Gasteiger partial charge >= 0.3 is 0 Å². The molecule has 0 saturated carbocycles. The van der Waals surface area contributed by atoms with Crippen molar-refractivity contribution in [3.63, 3.8) is 0 Å². The van der Waals surface area contributed by atoms with E-state index < -0.39 is 8.32 Å². The van der Waals surface area contributed by atoms with Crippen molar-refractivity contribution in [3.05, 3.63) is 56.5 Å². The fourth-order valence-electron chi connectivity index (χ4n) is 1.70. The molecule has 146 valence electrons. The number of hydrogen-bond acceptors (Lipinski definition) is 4. The monoisotopic (exact) mass is 514 g/mol. The van der Waals surface area contributed by atoms with Crippen molar-refractivity contribution < 1.29 is 19.1 Å². The van der Waals surface area contributed by atoms with E-state index in [4.69, 9.17) is 9.53 Å². The van der Waals surface area contributed by atoms with Gasteiger partial charge in [0.05, 0.1) is 8.95 Å². The molecular formula is C20H24Br2O4Si. The van der Waals surface area contributed by atoms with E-state index in [9.17, 15) is 9.59 Å². The fourth-order valence-corrected chi connectivity index (χ4v) is 3.75. The zero-order chi connectivity index (χ0) is 20.8. The minimum Gasteiger partial charge on any atom is -0.543 e. The standard InChI is InChI=1S/C13H19BrO2Si.C7H5BrO2/c1-13(2,3)17(4,5)16-12-7-6-10(9-15)8-11(12)14;8-6-3-5(4-9)1-2-7(6)10/h6-9H,1-5H3;1-4,10H. The molecular weight excluding hydrogens is 492 g/mol. The number of benzene rings is 2. The van der Waals surface area contributed by atoms with E-state index in [0.717, 1.165) is 22.8 Å². The number of hydrogen-bond donors (Lipinski definition) is 1. The van der Waals surface area contributed by atoms with E-state index >= 15 is 0 Å². The minimum atomic E-state index is -1.82. The maximum absolute atomic E-state index is 10.7. The van der Waals surface area contributed by atoms with Crippen LogP contribution in [-0.2, 0) is 0 Å². The van der Waals surface area contributed by atoms with E-state index in [1.165, 1.54) is 6.07 Å². The quantitative estimate of drug-likeness (QED) is 0.367. The third-order valence-electron chi connectivity index (χ3n) is 4.37. The lowest BCUT2D eigenvalue weighted by atomic mass is 10.2. The lowest BCUT2D eigenvalue weighted by Gasteiger charge is -2.36. The molecule has 27 heavy (non-hydrogen) atoms. The van der Waals surface area contributed by atoms with Gasteiger partial charge in [0.2, 0.25) is 0 Å². The maximum Gasteiger partial charge on any atom is 0.250 e. The molecule has 0 heterocycles. The zero-order valence-corrected chi connectivity index (χ0v) is 20.2. The molecule has 2 aromatic rings. The van der Waals surface area contributed by atoms with Crippen molar-refractivity contribution in [3.8, 4) is 11.5 Å². The first kappa shape index (κ1) is 23.6. The van der Waals surface area contributed by atoms with Crippen LogP contribution in [-0.4, -0.2) is 26.0 Å². The molecule has 0 radical (unpaired) electrons. The molecule has 0 fully saturated rings. The molecule has 0 amide bonds. The first-order valence-corrected chi connectivity index (χ1v) is 12.8. The predicted octanol–water partition coefficient (Wildman–Crippen LogP) is 6.61. The highest BCUT2D eigenvalue weighted by atomic mass is 79.9. The van der Waals surface area contributed by atoms with Gasteiger partial charge in [0.1, 0.15) is 24.1 Å². The Kier molecular flexibility index (Phi) is 8.44. The van der Waals surface area contributed by atoms with Crippen molar-refractivity contribution in [1.29, 1.82) is 0 Å². The summed E-state index contributed by atoms with van der Waals surface area (Å²) in [6.45, 7) is 11.0. The molecule has 0 aliphatic rings. The van der Waals surface area contributed by atoms with E-state index in [-0.39, 0.29) is 10.8 Å². The van der Waals surface area contributed by atoms with Crippen molar-refractivity contribution in [2.75, 3.05) is 0 Å². The van der Waals surface area contributed by atoms with Gasteiger partial charge < -0.3 is 9.53 Å². The minimum absolute atomic E-state index is 0.144. The number of phenolic OH excluding ortho intramolecular Hbond substituents is 1. The first-order valence-electron chi connectivity index (χ1n) is 8.28. The van der Waals surface area contributed by atoms with Gasteiger partial charge in [-0.3, -0.25) is 9.59 Å². The van der Waals surface area contributed by atoms with Crippen LogP contribution in [0.5, 0.6) is 11.5 Å². The molecule has 2 rings (SSSR count). The summed E-state index contributed by atoms with van der Waals surface area (Å²) in [5, 5.41) is 9.14. The van der Waals surface area contributed by atoms with Gasteiger partial charge in [-0.1, -0.05) is 20.8 Å². The van der Waals surface area contributed by atoms with Crippen LogP contribution in [0, 0.1) is 0 Å². The molecule has 2 aromatic carbocycles. The van der Waals surface area contributed by atoms with Crippen LogP contribution in [0.15, 0.2) is 45.3 Å². The summed E-state index contributed by atoms with van der Waals surface area (Å²) in [5.74, 6) is 0.966. The van der Waals surface area contributed by atoms with E-state index in [0.29, 0.717) is 15.6 Å². The molecule has 0 atom stereocenters. The van der Waals surface area contributed by atoms with Crippen LogP contribution in [0.25, 0.3) is 0 Å². The highest BCUT2D eigenvalue weighted by molar-refractivity contribution is 9.10. The Hall–Kier alpha value is -1.44. The fraction of sp³-hybridized carbons (Fsp3) is 0.300. The summed E-state index contributed by atoms with van der Waals surface area (Å²) in [4.78, 5) is 20.8. The third-order valence-corrected chi connectivity index (χ3v) is 9.97. The largest absolute Gasteiger partial charge is 0.543 e. The lowest BCUT2D eigenvalue weighted by molar-refractivity contribution is 0.111. The Balaban J connectivity index is 0.000000309. The van der Waals surface area contributed by atoms with Crippen molar-refractivity contribution in [1.82, 2.24) is 0 Å². The van der Waals surface area contributed by atoms with Crippen LogP contribution in [0.3, 0.4) is 0 Å². The smallest absolute Gasteiger partial charge is 0.250 e. The molecule has 0 spiro atoms. The lowest BCUT2D eigenvalue weighted by Crippen LogP contribution is -2.43. The second-order valence-electron chi connectivity index (χ2n) is 7.50. The van der Waals surface area contributed by atoms with Crippen molar-refractivity contribution >= 4 is 52.7 Å². The molecule has 0 saturated heterocycles. The topological polar surface area (TPSA) is 63.6 Å². The van der Waals surface area contributed by atoms with Crippen LogP contribution in [0.2, 0.25) is 18.1 Å². The average Bonchev–Trinajstić information content (AvgIpc) is 2.58. The second kappa shape index (κ2) is 9.66. The molecule has 0 aliphatic carbocycles.